The molecule has 16 heavy (non-hydrogen) atoms. The molecule has 0 aromatic carbocycles. The molecule has 1 heterocycles. The van der Waals surface area contributed by atoms with Gasteiger partial charge in [0.15, 0.2) is 0 Å². The molecular weight excluding hydrogens is 210 g/mol. The SMILES string of the molecule is CCC(C)(O)CN1CCOC(CC(=O)O)C1. The zero-order valence-electron chi connectivity index (χ0n) is 9.98. The van der Waals surface area contributed by atoms with Crippen molar-refractivity contribution in [3.8, 4) is 0 Å². The second-order valence-electron chi connectivity index (χ2n) is 4.68. The van der Waals surface area contributed by atoms with Gasteiger partial charge in [0.05, 0.1) is 24.7 Å². The molecule has 0 saturated carbocycles. The number of carbonyl (C=O) groups is 1. The maximum atomic E-state index is 10.6. The van der Waals surface area contributed by atoms with E-state index < -0.39 is 11.6 Å². The number of ether oxygens (including phenoxy) is 1. The number of aliphatic carboxylic acids is 1. The van der Waals surface area contributed by atoms with Gasteiger partial charge in [0.1, 0.15) is 0 Å². The minimum Gasteiger partial charge on any atom is -0.481 e. The summed E-state index contributed by atoms with van der Waals surface area (Å²) in [5.74, 6) is -0.839. The molecule has 2 N–H and O–H groups in total. The van der Waals surface area contributed by atoms with Gasteiger partial charge in [0.2, 0.25) is 0 Å². The van der Waals surface area contributed by atoms with Crippen molar-refractivity contribution in [3.63, 3.8) is 0 Å². The number of rotatable bonds is 5. The number of carboxylic acids is 1. The lowest BCUT2D eigenvalue weighted by atomic mass is 10.0. The summed E-state index contributed by atoms with van der Waals surface area (Å²) in [6.07, 6.45) is 0.470. The van der Waals surface area contributed by atoms with Crippen LogP contribution in [0.1, 0.15) is 26.7 Å². The summed E-state index contributed by atoms with van der Waals surface area (Å²) in [5, 5.41) is 18.6. The van der Waals surface area contributed by atoms with Gasteiger partial charge in [-0.25, -0.2) is 0 Å². The first-order valence-electron chi connectivity index (χ1n) is 5.71. The van der Waals surface area contributed by atoms with Crippen LogP contribution < -0.4 is 0 Å². The lowest BCUT2D eigenvalue weighted by Gasteiger charge is -2.36. The second-order valence-corrected chi connectivity index (χ2v) is 4.68. The van der Waals surface area contributed by atoms with E-state index in [9.17, 15) is 9.90 Å². The van der Waals surface area contributed by atoms with Crippen molar-refractivity contribution >= 4 is 5.97 Å². The van der Waals surface area contributed by atoms with E-state index in [0.717, 1.165) is 6.54 Å². The lowest BCUT2D eigenvalue weighted by molar-refractivity contribution is -0.142. The Morgan fingerprint density at radius 1 is 1.62 bits per heavy atom. The van der Waals surface area contributed by atoms with Crippen LogP contribution in [0.25, 0.3) is 0 Å². The molecule has 1 aliphatic rings. The van der Waals surface area contributed by atoms with Crippen molar-refractivity contribution < 1.29 is 19.7 Å². The Kier molecular flexibility index (Phi) is 4.70. The van der Waals surface area contributed by atoms with Gasteiger partial charge >= 0.3 is 5.97 Å². The highest BCUT2D eigenvalue weighted by atomic mass is 16.5. The zero-order valence-corrected chi connectivity index (χ0v) is 9.98. The van der Waals surface area contributed by atoms with Gasteiger partial charge in [-0.15, -0.1) is 0 Å². The van der Waals surface area contributed by atoms with E-state index in [1.165, 1.54) is 0 Å². The van der Waals surface area contributed by atoms with Crippen molar-refractivity contribution in [2.24, 2.45) is 0 Å². The van der Waals surface area contributed by atoms with E-state index in [0.29, 0.717) is 26.1 Å². The molecule has 5 heteroatoms. The summed E-state index contributed by atoms with van der Waals surface area (Å²) in [6, 6.07) is 0. The number of morpholine rings is 1. The summed E-state index contributed by atoms with van der Waals surface area (Å²) >= 11 is 0. The van der Waals surface area contributed by atoms with Crippen molar-refractivity contribution in [2.75, 3.05) is 26.2 Å². The molecule has 0 spiro atoms. The Labute approximate surface area is 96.0 Å². The molecule has 0 aliphatic carbocycles. The number of hydrogen-bond acceptors (Lipinski definition) is 4. The topological polar surface area (TPSA) is 70.0 Å². The summed E-state index contributed by atoms with van der Waals surface area (Å²) in [7, 11) is 0. The average Bonchev–Trinajstić information content (AvgIpc) is 2.16. The third kappa shape index (κ3) is 4.47. The third-order valence-electron chi connectivity index (χ3n) is 2.95. The smallest absolute Gasteiger partial charge is 0.306 e. The lowest BCUT2D eigenvalue weighted by Crippen LogP contribution is -2.49. The first kappa shape index (κ1) is 13.4. The maximum absolute atomic E-state index is 10.6. The Morgan fingerprint density at radius 3 is 2.88 bits per heavy atom. The molecule has 2 unspecified atom stereocenters. The highest BCUT2D eigenvalue weighted by molar-refractivity contribution is 5.67. The summed E-state index contributed by atoms with van der Waals surface area (Å²) < 4.78 is 5.36. The van der Waals surface area contributed by atoms with E-state index >= 15 is 0 Å². The fraction of sp³-hybridized carbons (Fsp3) is 0.909. The Balaban J connectivity index is 2.41. The van der Waals surface area contributed by atoms with Gasteiger partial charge in [-0.3, -0.25) is 9.69 Å². The molecule has 94 valence electrons. The highest BCUT2D eigenvalue weighted by Gasteiger charge is 2.27. The van der Waals surface area contributed by atoms with Gasteiger partial charge in [-0.05, 0) is 13.3 Å². The second kappa shape index (κ2) is 5.61. The van der Waals surface area contributed by atoms with Crippen LogP contribution in [0.2, 0.25) is 0 Å². The van der Waals surface area contributed by atoms with Crippen LogP contribution in [0.4, 0.5) is 0 Å². The van der Waals surface area contributed by atoms with Gasteiger partial charge in [-0.1, -0.05) is 6.92 Å². The predicted molar refractivity (Wildman–Crippen MR) is 59.3 cm³/mol. The van der Waals surface area contributed by atoms with Crippen LogP contribution in [-0.4, -0.2) is 59.0 Å². The molecule has 1 fully saturated rings. The average molecular weight is 231 g/mol. The van der Waals surface area contributed by atoms with Crippen LogP contribution in [0.3, 0.4) is 0 Å². The highest BCUT2D eigenvalue weighted by Crippen LogP contribution is 2.15. The van der Waals surface area contributed by atoms with E-state index in [4.69, 9.17) is 9.84 Å². The minimum atomic E-state index is -0.839. The van der Waals surface area contributed by atoms with Gasteiger partial charge in [0.25, 0.3) is 0 Å². The number of β-amino-alcohol motifs (C(OH)–C–C–N with tert-alkyl or cyclic N) is 1. The Morgan fingerprint density at radius 2 is 2.31 bits per heavy atom. The van der Waals surface area contributed by atoms with Crippen LogP contribution in [0.15, 0.2) is 0 Å². The summed E-state index contributed by atoms with van der Waals surface area (Å²) in [6.45, 7) is 6.19. The standard InChI is InChI=1S/C11H21NO4/c1-3-11(2,15)8-12-4-5-16-9(7-12)6-10(13)14/h9,15H,3-8H2,1-2H3,(H,13,14). The van der Waals surface area contributed by atoms with Crippen molar-refractivity contribution in [2.45, 2.75) is 38.4 Å². The molecule has 1 rings (SSSR count). The maximum Gasteiger partial charge on any atom is 0.306 e. The number of aliphatic hydroxyl groups is 1. The van der Waals surface area contributed by atoms with Crippen LogP contribution >= 0.6 is 0 Å². The quantitative estimate of drug-likeness (QED) is 0.713. The molecule has 0 bridgehead atoms. The first-order chi connectivity index (χ1) is 7.43. The van der Waals surface area contributed by atoms with Crippen LogP contribution in [-0.2, 0) is 9.53 Å². The first-order valence-corrected chi connectivity index (χ1v) is 5.71. The molecule has 2 atom stereocenters. The Bertz CT molecular complexity index is 242. The zero-order chi connectivity index (χ0) is 12.2. The molecule has 0 amide bonds. The van der Waals surface area contributed by atoms with E-state index in [-0.39, 0.29) is 12.5 Å². The monoisotopic (exact) mass is 231 g/mol. The van der Waals surface area contributed by atoms with Crippen molar-refractivity contribution in [1.29, 1.82) is 0 Å². The van der Waals surface area contributed by atoms with E-state index in [1.54, 1.807) is 6.92 Å². The number of hydrogen-bond donors (Lipinski definition) is 2. The summed E-state index contributed by atoms with van der Waals surface area (Å²) in [4.78, 5) is 12.6. The fourth-order valence-corrected chi connectivity index (χ4v) is 1.84. The molecule has 0 aromatic rings. The van der Waals surface area contributed by atoms with Gasteiger partial charge in [0, 0.05) is 19.6 Å². The molecular formula is C11H21NO4. The molecule has 0 aromatic heterocycles. The Hall–Kier alpha value is -0.650. The largest absolute Gasteiger partial charge is 0.481 e. The third-order valence-corrected chi connectivity index (χ3v) is 2.95. The molecule has 1 saturated heterocycles. The molecule has 5 nitrogen and oxygen atoms in total. The van der Waals surface area contributed by atoms with Crippen LogP contribution in [0.5, 0.6) is 0 Å². The summed E-state index contributed by atoms with van der Waals surface area (Å²) in [5.41, 5.74) is -0.703. The number of nitrogens with zero attached hydrogens (tertiary/aromatic N) is 1. The van der Waals surface area contributed by atoms with Crippen molar-refractivity contribution in [3.05, 3.63) is 0 Å². The predicted octanol–water partition coefficient (Wildman–Crippen LogP) is 0.323. The van der Waals surface area contributed by atoms with Crippen molar-refractivity contribution in [1.82, 2.24) is 4.90 Å². The van der Waals surface area contributed by atoms with E-state index in [2.05, 4.69) is 4.90 Å². The normalized spacial score (nSPS) is 26.3. The van der Waals surface area contributed by atoms with E-state index in [1.807, 2.05) is 6.92 Å². The van der Waals surface area contributed by atoms with Gasteiger partial charge in [-0.2, -0.15) is 0 Å². The minimum absolute atomic E-state index is 0.0325. The van der Waals surface area contributed by atoms with Crippen LogP contribution in [0, 0.1) is 0 Å². The fourth-order valence-electron chi connectivity index (χ4n) is 1.84. The van der Waals surface area contributed by atoms with Gasteiger partial charge < -0.3 is 14.9 Å². The molecule has 1 aliphatic heterocycles. The number of carboxylic acid groups (broad SMARTS) is 1. The molecule has 0 radical (unpaired) electrons.